The third-order valence-electron chi connectivity index (χ3n) is 3.13. The van der Waals surface area contributed by atoms with E-state index in [1.165, 1.54) is 11.3 Å². The standard InChI is InChI=1S/C15H18N2OS/c1-3-4-10(2)14(13-9-19-15(16)17-13)11-5-7-12(18)8-6-11/h3-10,14,18H,1-2H3,(H2,16,17)/b4-3-. The van der Waals surface area contributed by atoms with Gasteiger partial charge in [0.05, 0.1) is 5.69 Å². The molecule has 100 valence electrons. The molecule has 0 saturated carbocycles. The highest BCUT2D eigenvalue weighted by Crippen LogP contribution is 2.34. The number of aromatic nitrogens is 1. The van der Waals surface area contributed by atoms with Crippen molar-refractivity contribution >= 4 is 16.5 Å². The van der Waals surface area contributed by atoms with E-state index in [4.69, 9.17) is 5.73 Å². The lowest BCUT2D eigenvalue weighted by Crippen LogP contribution is -2.10. The van der Waals surface area contributed by atoms with Crippen molar-refractivity contribution in [3.05, 3.63) is 53.1 Å². The topological polar surface area (TPSA) is 59.1 Å². The van der Waals surface area contributed by atoms with Gasteiger partial charge in [-0.3, -0.25) is 0 Å². The van der Waals surface area contributed by atoms with E-state index in [2.05, 4.69) is 18.0 Å². The molecule has 0 spiro atoms. The number of rotatable bonds is 4. The molecule has 0 aliphatic carbocycles. The van der Waals surface area contributed by atoms with Gasteiger partial charge < -0.3 is 10.8 Å². The van der Waals surface area contributed by atoms with Crippen LogP contribution >= 0.6 is 11.3 Å². The van der Waals surface area contributed by atoms with E-state index >= 15 is 0 Å². The van der Waals surface area contributed by atoms with E-state index in [9.17, 15) is 5.11 Å². The van der Waals surface area contributed by atoms with Gasteiger partial charge in [-0.25, -0.2) is 4.98 Å². The molecule has 2 unspecified atom stereocenters. The molecular formula is C15H18N2OS. The third-order valence-corrected chi connectivity index (χ3v) is 3.82. The number of benzene rings is 1. The molecule has 1 aromatic carbocycles. The quantitative estimate of drug-likeness (QED) is 0.834. The molecule has 0 saturated heterocycles. The number of anilines is 1. The molecular weight excluding hydrogens is 256 g/mol. The summed E-state index contributed by atoms with van der Waals surface area (Å²) < 4.78 is 0. The zero-order chi connectivity index (χ0) is 13.8. The Hall–Kier alpha value is -1.81. The van der Waals surface area contributed by atoms with E-state index in [1.807, 2.05) is 30.5 Å². The summed E-state index contributed by atoms with van der Waals surface area (Å²) >= 11 is 1.46. The smallest absolute Gasteiger partial charge is 0.180 e. The Morgan fingerprint density at radius 2 is 2.00 bits per heavy atom. The van der Waals surface area contributed by atoms with E-state index in [0.717, 1.165) is 11.3 Å². The maximum atomic E-state index is 9.41. The van der Waals surface area contributed by atoms with Crippen LogP contribution in [0.1, 0.15) is 31.0 Å². The molecule has 3 nitrogen and oxygen atoms in total. The van der Waals surface area contributed by atoms with Crippen molar-refractivity contribution in [3.8, 4) is 5.75 Å². The van der Waals surface area contributed by atoms with Gasteiger partial charge in [0.15, 0.2) is 5.13 Å². The molecule has 0 aliphatic heterocycles. The van der Waals surface area contributed by atoms with Crippen LogP contribution in [0.3, 0.4) is 0 Å². The Labute approximate surface area is 117 Å². The van der Waals surface area contributed by atoms with Crippen LogP contribution in [0.4, 0.5) is 5.13 Å². The first kappa shape index (κ1) is 13.6. The zero-order valence-electron chi connectivity index (χ0n) is 11.1. The van der Waals surface area contributed by atoms with E-state index in [-0.39, 0.29) is 11.7 Å². The van der Waals surface area contributed by atoms with Crippen molar-refractivity contribution in [1.29, 1.82) is 0 Å². The Morgan fingerprint density at radius 1 is 1.32 bits per heavy atom. The van der Waals surface area contributed by atoms with Crippen molar-refractivity contribution in [2.75, 3.05) is 5.73 Å². The predicted octanol–water partition coefficient (Wildman–Crippen LogP) is 3.78. The fraction of sp³-hybridized carbons (Fsp3) is 0.267. The summed E-state index contributed by atoms with van der Waals surface area (Å²) in [6, 6.07) is 7.30. The maximum absolute atomic E-state index is 9.41. The fourth-order valence-corrected chi connectivity index (χ4v) is 2.88. The van der Waals surface area contributed by atoms with Gasteiger partial charge in [-0.05, 0) is 30.5 Å². The summed E-state index contributed by atoms with van der Waals surface area (Å²) in [5.41, 5.74) is 7.86. The summed E-state index contributed by atoms with van der Waals surface area (Å²) in [5.74, 6) is 0.750. The molecule has 19 heavy (non-hydrogen) atoms. The van der Waals surface area contributed by atoms with Crippen LogP contribution in [0.25, 0.3) is 0 Å². The molecule has 2 atom stereocenters. The van der Waals surface area contributed by atoms with Crippen LogP contribution in [-0.2, 0) is 0 Å². The highest BCUT2D eigenvalue weighted by molar-refractivity contribution is 7.13. The second-order valence-electron chi connectivity index (χ2n) is 4.56. The van der Waals surface area contributed by atoms with Crippen molar-refractivity contribution in [1.82, 2.24) is 4.98 Å². The van der Waals surface area contributed by atoms with Crippen LogP contribution in [0.15, 0.2) is 41.8 Å². The SMILES string of the molecule is C/C=C\C(C)C(c1ccc(O)cc1)c1csc(N)n1. The Bertz CT molecular complexity index is 560. The minimum atomic E-state index is 0.158. The van der Waals surface area contributed by atoms with Crippen LogP contribution in [0, 0.1) is 5.92 Å². The van der Waals surface area contributed by atoms with Crippen LogP contribution < -0.4 is 5.73 Å². The lowest BCUT2D eigenvalue weighted by molar-refractivity contribution is 0.474. The van der Waals surface area contributed by atoms with Gasteiger partial charge in [0.25, 0.3) is 0 Å². The molecule has 0 radical (unpaired) electrons. The van der Waals surface area contributed by atoms with E-state index in [0.29, 0.717) is 11.0 Å². The van der Waals surface area contributed by atoms with Gasteiger partial charge in [-0.15, -0.1) is 11.3 Å². The minimum absolute atomic E-state index is 0.158. The Balaban J connectivity index is 2.42. The lowest BCUT2D eigenvalue weighted by atomic mass is 9.85. The first-order valence-corrected chi connectivity index (χ1v) is 7.12. The van der Waals surface area contributed by atoms with Gasteiger partial charge in [-0.2, -0.15) is 0 Å². The number of aromatic hydroxyl groups is 1. The van der Waals surface area contributed by atoms with Gasteiger partial charge in [0, 0.05) is 11.3 Å². The van der Waals surface area contributed by atoms with Gasteiger partial charge >= 0.3 is 0 Å². The zero-order valence-corrected chi connectivity index (χ0v) is 11.9. The number of hydrogen-bond acceptors (Lipinski definition) is 4. The fourth-order valence-electron chi connectivity index (χ4n) is 2.28. The van der Waals surface area contributed by atoms with Crippen molar-refractivity contribution in [2.45, 2.75) is 19.8 Å². The number of nitrogens with zero attached hydrogens (tertiary/aromatic N) is 1. The summed E-state index contributed by atoms with van der Waals surface area (Å²) in [6.07, 6.45) is 4.21. The lowest BCUT2D eigenvalue weighted by Gasteiger charge is -2.20. The van der Waals surface area contributed by atoms with E-state index < -0.39 is 0 Å². The number of phenols is 1. The molecule has 1 heterocycles. The van der Waals surface area contributed by atoms with Gasteiger partial charge in [0.2, 0.25) is 0 Å². The number of nitrogen functional groups attached to an aromatic ring is 1. The summed E-state index contributed by atoms with van der Waals surface area (Å²) in [4.78, 5) is 4.41. The molecule has 0 fully saturated rings. The summed E-state index contributed by atoms with van der Waals surface area (Å²) in [6.45, 7) is 4.17. The highest BCUT2D eigenvalue weighted by atomic mass is 32.1. The Kier molecular flexibility index (Phi) is 4.22. The normalized spacial score (nSPS) is 14.6. The Morgan fingerprint density at radius 3 is 2.53 bits per heavy atom. The van der Waals surface area contributed by atoms with Crippen LogP contribution in [0.5, 0.6) is 5.75 Å². The number of nitrogens with two attached hydrogens (primary N) is 1. The highest BCUT2D eigenvalue weighted by Gasteiger charge is 2.22. The third kappa shape index (κ3) is 3.15. The van der Waals surface area contributed by atoms with Crippen molar-refractivity contribution < 1.29 is 5.11 Å². The molecule has 3 N–H and O–H groups in total. The molecule has 0 bridgehead atoms. The first-order chi connectivity index (χ1) is 9.11. The van der Waals surface area contributed by atoms with Crippen molar-refractivity contribution in [2.24, 2.45) is 5.92 Å². The van der Waals surface area contributed by atoms with E-state index in [1.54, 1.807) is 12.1 Å². The summed E-state index contributed by atoms with van der Waals surface area (Å²) in [5, 5.41) is 12.0. The van der Waals surface area contributed by atoms with Gasteiger partial charge in [0.1, 0.15) is 5.75 Å². The number of thiazole rings is 1. The average molecular weight is 274 g/mol. The number of allylic oxidation sites excluding steroid dienone is 2. The monoisotopic (exact) mass is 274 g/mol. The molecule has 1 aromatic heterocycles. The number of hydrogen-bond donors (Lipinski definition) is 2. The predicted molar refractivity (Wildman–Crippen MR) is 80.5 cm³/mol. The van der Waals surface area contributed by atoms with Gasteiger partial charge in [-0.1, -0.05) is 31.2 Å². The second-order valence-corrected chi connectivity index (χ2v) is 5.45. The minimum Gasteiger partial charge on any atom is -0.508 e. The second kappa shape index (κ2) is 5.89. The largest absolute Gasteiger partial charge is 0.508 e. The maximum Gasteiger partial charge on any atom is 0.180 e. The summed E-state index contributed by atoms with van der Waals surface area (Å²) in [7, 11) is 0. The first-order valence-electron chi connectivity index (χ1n) is 6.24. The molecule has 0 amide bonds. The van der Waals surface area contributed by atoms with Crippen LogP contribution in [0.2, 0.25) is 0 Å². The molecule has 2 aromatic rings. The number of phenolic OH excluding ortho intramolecular Hbond substituents is 1. The molecule has 4 heteroatoms. The van der Waals surface area contributed by atoms with Crippen LogP contribution in [-0.4, -0.2) is 10.1 Å². The van der Waals surface area contributed by atoms with Crippen molar-refractivity contribution in [3.63, 3.8) is 0 Å². The molecule has 0 aliphatic rings. The molecule has 2 rings (SSSR count). The average Bonchev–Trinajstić information content (AvgIpc) is 2.79.